The summed E-state index contributed by atoms with van der Waals surface area (Å²) in [4.78, 5) is 66.7. The maximum absolute atomic E-state index is 13.7. The summed E-state index contributed by atoms with van der Waals surface area (Å²) >= 11 is 0. The van der Waals surface area contributed by atoms with Crippen molar-refractivity contribution in [2.45, 2.75) is 25.4 Å². The molecule has 0 aliphatic carbocycles. The molecule has 0 bridgehead atoms. The smallest absolute Gasteiger partial charge is 0.417 e. The lowest BCUT2D eigenvalue weighted by atomic mass is 10.1. The van der Waals surface area contributed by atoms with E-state index in [1.807, 2.05) is 0 Å². The Labute approximate surface area is 225 Å². The van der Waals surface area contributed by atoms with Gasteiger partial charge in [0.1, 0.15) is 17.6 Å². The van der Waals surface area contributed by atoms with Gasteiger partial charge in [-0.1, -0.05) is 6.08 Å². The third-order valence-corrected chi connectivity index (χ3v) is 5.66. The van der Waals surface area contributed by atoms with Crippen molar-refractivity contribution < 1.29 is 37.8 Å². The summed E-state index contributed by atoms with van der Waals surface area (Å²) in [5.41, 5.74) is -1.29. The van der Waals surface area contributed by atoms with Crippen LogP contribution in [0.4, 0.5) is 24.1 Å². The Morgan fingerprint density at radius 1 is 1.20 bits per heavy atom. The minimum Gasteiger partial charge on any atom is -0.464 e. The van der Waals surface area contributed by atoms with Gasteiger partial charge in [0.15, 0.2) is 11.6 Å². The molecule has 0 saturated carbocycles. The third kappa shape index (κ3) is 6.86. The van der Waals surface area contributed by atoms with E-state index in [0.29, 0.717) is 10.6 Å². The molecule has 1 unspecified atom stereocenters. The normalized spacial score (nSPS) is 11.8. The van der Waals surface area contributed by atoms with Crippen LogP contribution < -0.4 is 16.2 Å². The Balaban J connectivity index is 1.84. The Morgan fingerprint density at radius 2 is 1.90 bits per heavy atom. The van der Waals surface area contributed by atoms with Crippen LogP contribution in [0.1, 0.15) is 18.7 Å². The summed E-state index contributed by atoms with van der Waals surface area (Å²) in [5.74, 6) is -3.71. The van der Waals surface area contributed by atoms with Gasteiger partial charge in [-0.2, -0.15) is 0 Å². The lowest BCUT2D eigenvalue weighted by Crippen LogP contribution is -2.44. The zero-order valence-corrected chi connectivity index (χ0v) is 21.7. The van der Waals surface area contributed by atoms with Gasteiger partial charge in [-0.3, -0.25) is 14.4 Å². The summed E-state index contributed by atoms with van der Waals surface area (Å²) < 4.78 is 33.6. The van der Waals surface area contributed by atoms with E-state index in [1.54, 1.807) is 14.1 Å². The Morgan fingerprint density at radius 3 is 2.55 bits per heavy atom. The SMILES string of the molecule is COC(=O)NC(CCC=CC(=O)N(C)C)C(=O)Nc1cccn(Cc2nc3cc(F)c(F)cc3n2C(=O)O)c1=O. The summed E-state index contributed by atoms with van der Waals surface area (Å²) in [5, 5.41) is 14.4. The van der Waals surface area contributed by atoms with E-state index in [9.17, 15) is 37.9 Å². The number of pyridine rings is 1. The van der Waals surface area contributed by atoms with E-state index < -0.39 is 47.9 Å². The first-order chi connectivity index (χ1) is 18.9. The minimum absolute atomic E-state index is 0.0644. The number of amides is 3. The molecule has 0 aliphatic heterocycles. The molecule has 1 aromatic carbocycles. The van der Waals surface area contributed by atoms with Crippen molar-refractivity contribution in [3.63, 3.8) is 0 Å². The van der Waals surface area contributed by atoms with Crippen LogP contribution in [0, 0.1) is 11.6 Å². The first-order valence-corrected chi connectivity index (χ1v) is 11.7. The molecule has 2 aromatic heterocycles. The number of likely N-dealkylation sites (N-methyl/N-ethyl adjacent to an activating group) is 1. The molecule has 40 heavy (non-hydrogen) atoms. The van der Waals surface area contributed by atoms with Gasteiger partial charge in [-0.15, -0.1) is 0 Å². The molecular weight excluding hydrogens is 534 g/mol. The predicted octanol–water partition coefficient (Wildman–Crippen LogP) is 2.14. The van der Waals surface area contributed by atoms with Crippen molar-refractivity contribution in [1.82, 2.24) is 24.3 Å². The fraction of sp³-hybridized carbons (Fsp3) is 0.280. The van der Waals surface area contributed by atoms with E-state index in [4.69, 9.17) is 0 Å². The zero-order chi connectivity index (χ0) is 29.6. The molecule has 0 radical (unpaired) electrons. The van der Waals surface area contributed by atoms with E-state index >= 15 is 0 Å². The topological polar surface area (TPSA) is 165 Å². The van der Waals surface area contributed by atoms with Gasteiger partial charge in [0.05, 0.1) is 24.7 Å². The van der Waals surface area contributed by atoms with Crippen molar-refractivity contribution in [1.29, 1.82) is 0 Å². The fourth-order valence-electron chi connectivity index (χ4n) is 3.64. The first kappa shape index (κ1) is 29.5. The number of alkyl carbamates (subject to hydrolysis) is 1. The average Bonchev–Trinajstić information content (AvgIpc) is 3.24. The molecule has 13 nitrogen and oxygen atoms in total. The van der Waals surface area contributed by atoms with Crippen molar-refractivity contribution in [2.24, 2.45) is 0 Å². The van der Waals surface area contributed by atoms with E-state index in [-0.39, 0.29) is 41.3 Å². The maximum atomic E-state index is 13.7. The van der Waals surface area contributed by atoms with Crippen LogP contribution in [0.2, 0.25) is 0 Å². The quantitative estimate of drug-likeness (QED) is 0.335. The molecular formula is C25H26F2N6O7. The van der Waals surface area contributed by atoms with Crippen molar-refractivity contribution in [2.75, 3.05) is 26.5 Å². The van der Waals surface area contributed by atoms with Crippen LogP contribution in [0.5, 0.6) is 0 Å². The molecule has 3 aromatic rings. The van der Waals surface area contributed by atoms with Crippen molar-refractivity contribution in [3.05, 3.63) is 70.4 Å². The Kier molecular flexibility index (Phi) is 9.32. The van der Waals surface area contributed by atoms with Crippen LogP contribution >= 0.6 is 0 Å². The number of nitrogens with zero attached hydrogens (tertiary/aromatic N) is 4. The number of benzene rings is 1. The Hall–Kier alpha value is -5.08. The highest BCUT2D eigenvalue weighted by Gasteiger charge is 2.23. The Bertz CT molecular complexity index is 1550. The number of rotatable bonds is 9. The van der Waals surface area contributed by atoms with Crippen LogP contribution in [0.25, 0.3) is 11.0 Å². The number of carbonyl (C=O) groups excluding carboxylic acids is 3. The highest BCUT2D eigenvalue weighted by molar-refractivity contribution is 5.96. The number of halogens is 2. The molecule has 1 atom stereocenters. The van der Waals surface area contributed by atoms with E-state index in [2.05, 4.69) is 20.4 Å². The number of hydrogen-bond acceptors (Lipinski definition) is 7. The van der Waals surface area contributed by atoms with Gasteiger partial charge < -0.3 is 29.9 Å². The number of aromatic nitrogens is 3. The third-order valence-electron chi connectivity index (χ3n) is 5.66. The molecule has 0 aliphatic rings. The molecule has 3 amide bonds. The summed E-state index contributed by atoms with van der Waals surface area (Å²) in [6.45, 7) is -0.415. The second-order valence-corrected chi connectivity index (χ2v) is 8.65. The number of ether oxygens (including phenoxy) is 1. The summed E-state index contributed by atoms with van der Waals surface area (Å²) in [7, 11) is 4.26. The van der Waals surface area contributed by atoms with Gasteiger partial charge in [0, 0.05) is 32.4 Å². The van der Waals surface area contributed by atoms with Crippen molar-refractivity contribution >= 4 is 40.7 Å². The number of methoxy groups -OCH3 is 1. The summed E-state index contributed by atoms with van der Waals surface area (Å²) in [6, 6.07) is 3.00. The number of fused-ring (bicyclic) bond motifs is 1. The second-order valence-electron chi connectivity index (χ2n) is 8.65. The number of allylic oxidation sites excluding steroid dienone is 1. The van der Waals surface area contributed by atoms with Gasteiger partial charge in [0.25, 0.3) is 5.56 Å². The van der Waals surface area contributed by atoms with Gasteiger partial charge >= 0.3 is 12.2 Å². The number of hydrogen-bond donors (Lipinski definition) is 3. The largest absolute Gasteiger partial charge is 0.464 e. The highest BCUT2D eigenvalue weighted by atomic mass is 19.2. The van der Waals surface area contributed by atoms with Crippen LogP contribution in [0.3, 0.4) is 0 Å². The molecule has 212 valence electrons. The molecule has 2 heterocycles. The predicted molar refractivity (Wildman–Crippen MR) is 138 cm³/mol. The molecule has 0 spiro atoms. The first-order valence-electron chi connectivity index (χ1n) is 11.7. The van der Waals surface area contributed by atoms with Crippen LogP contribution in [0.15, 0.2) is 47.4 Å². The van der Waals surface area contributed by atoms with Crippen LogP contribution in [-0.2, 0) is 20.9 Å². The van der Waals surface area contributed by atoms with E-state index in [1.165, 1.54) is 35.4 Å². The molecule has 0 fully saturated rings. The fourth-order valence-corrected chi connectivity index (χ4v) is 3.64. The van der Waals surface area contributed by atoms with E-state index in [0.717, 1.165) is 17.7 Å². The van der Waals surface area contributed by atoms with Crippen LogP contribution in [-0.4, -0.2) is 75.4 Å². The van der Waals surface area contributed by atoms with Crippen molar-refractivity contribution in [3.8, 4) is 0 Å². The number of anilines is 1. The number of carboxylic acid groups (broad SMARTS) is 1. The minimum atomic E-state index is -1.53. The maximum Gasteiger partial charge on any atom is 0.417 e. The molecule has 3 N–H and O–H groups in total. The van der Waals surface area contributed by atoms with Gasteiger partial charge in [0.2, 0.25) is 11.8 Å². The molecule has 0 saturated heterocycles. The van der Waals surface area contributed by atoms with Gasteiger partial charge in [-0.05, 0) is 31.1 Å². The van der Waals surface area contributed by atoms with Gasteiger partial charge in [-0.25, -0.2) is 27.9 Å². The highest BCUT2D eigenvalue weighted by Crippen LogP contribution is 2.20. The lowest BCUT2D eigenvalue weighted by molar-refractivity contribution is -0.123. The summed E-state index contributed by atoms with van der Waals surface area (Å²) in [6.07, 6.45) is 2.03. The monoisotopic (exact) mass is 560 g/mol. The number of carbonyl (C=O) groups is 4. The average molecular weight is 561 g/mol. The standard InChI is InChI=1S/C25H26F2N6O7/c1-31(2)21(34)9-5-4-7-16(30-24(37)40-3)22(35)29-17-8-6-10-32(23(17)36)13-20-28-18-11-14(26)15(27)12-19(18)33(20)25(38)39/h5-6,8-12,16H,4,7,13H2,1-3H3,(H,29,35)(H,30,37)(H,38,39). The zero-order valence-electron chi connectivity index (χ0n) is 21.7. The molecule has 15 heteroatoms. The molecule has 3 rings (SSSR count). The lowest BCUT2D eigenvalue weighted by Gasteiger charge is -2.17. The second kappa shape index (κ2) is 12.6. The number of imidazole rings is 1. The number of nitrogens with one attached hydrogen (secondary N) is 2.